The van der Waals surface area contributed by atoms with E-state index < -0.39 is 8.80 Å². The lowest BCUT2D eigenvalue weighted by Crippen LogP contribution is -2.20. The maximum absolute atomic E-state index is 4.50. The van der Waals surface area contributed by atoms with Gasteiger partial charge in [0.2, 0.25) is 0 Å². The maximum atomic E-state index is 4.50. The molecule has 0 unspecified atom stereocenters. The molecule has 0 bridgehead atoms. The van der Waals surface area contributed by atoms with E-state index in [1.54, 1.807) is 0 Å². The maximum Gasteiger partial charge on any atom is 0.0914 e. The Labute approximate surface area is 114 Å². The summed E-state index contributed by atoms with van der Waals surface area (Å²) in [6.07, 6.45) is 13.5. The second-order valence-corrected chi connectivity index (χ2v) is 6.66. The Kier molecular flexibility index (Phi) is 17.4. The highest BCUT2D eigenvalue weighted by Crippen LogP contribution is 2.23. The van der Waals surface area contributed by atoms with Gasteiger partial charge in [-0.1, -0.05) is 37.1 Å². The smallest absolute Gasteiger partial charge is 0.0914 e. The predicted molar refractivity (Wildman–Crippen MR) is 85.8 cm³/mol. The summed E-state index contributed by atoms with van der Waals surface area (Å²) in [5.74, 6) is 0. The Morgan fingerprint density at radius 3 is 2.00 bits per heavy atom. The fourth-order valence-electron chi connectivity index (χ4n) is 1.96. The third-order valence-corrected chi connectivity index (χ3v) is 6.09. The molecule has 0 amide bonds. The van der Waals surface area contributed by atoms with E-state index in [1.807, 2.05) is 0 Å². The minimum atomic E-state index is -0.544. The van der Waals surface area contributed by atoms with Crippen LogP contribution >= 0.6 is 0 Å². The predicted octanol–water partition coefficient (Wildman–Crippen LogP) is 0.828. The van der Waals surface area contributed by atoms with Crippen molar-refractivity contribution in [2.24, 2.45) is 17.2 Å². The molecule has 0 aliphatic carbocycles. The van der Waals surface area contributed by atoms with E-state index in [4.69, 9.17) is 0 Å². The van der Waals surface area contributed by atoms with Crippen molar-refractivity contribution in [3.05, 3.63) is 35.8 Å². The highest BCUT2D eigenvalue weighted by atomic mass is 28.3. The van der Waals surface area contributed by atoms with Crippen molar-refractivity contribution in [2.75, 3.05) is 21.1 Å². The average molecular weight is 270 g/mol. The zero-order valence-electron chi connectivity index (χ0n) is 12.0. The highest BCUT2D eigenvalue weighted by molar-refractivity contribution is 6.67. The van der Waals surface area contributed by atoms with Gasteiger partial charge in [-0.25, -0.2) is 0 Å². The van der Waals surface area contributed by atoms with Gasteiger partial charge < -0.3 is 22.5 Å². The van der Waals surface area contributed by atoms with Crippen LogP contribution in [0.4, 0.5) is 0 Å². The van der Waals surface area contributed by atoms with Gasteiger partial charge in [0.25, 0.3) is 0 Å². The summed E-state index contributed by atoms with van der Waals surface area (Å²) in [4.78, 5) is 0. The molecule has 0 saturated carbocycles. The molecular weight excluding hydrogens is 240 g/mol. The summed E-state index contributed by atoms with van der Waals surface area (Å²) in [5, 5.41) is 4.94. The monoisotopic (exact) mass is 270 g/mol. The molecular formula is C13H30N4Si. The van der Waals surface area contributed by atoms with Crippen LogP contribution < -0.4 is 22.5 Å². The molecule has 5 heteroatoms. The summed E-state index contributed by atoms with van der Waals surface area (Å²) in [5.41, 5.74) is 13.5. The van der Waals surface area contributed by atoms with Gasteiger partial charge in [-0.05, 0) is 38.6 Å². The van der Waals surface area contributed by atoms with E-state index in [-0.39, 0.29) is 0 Å². The van der Waals surface area contributed by atoms with Gasteiger partial charge in [-0.2, -0.15) is 0 Å². The number of hydrogen-bond donors (Lipinski definition) is 4. The van der Waals surface area contributed by atoms with Crippen LogP contribution in [0.25, 0.3) is 0 Å². The first-order valence-corrected chi connectivity index (χ1v) is 8.71. The van der Waals surface area contributed by atoms with Crippen molar-refractivity contribution in [2.45, 2.75) is 24.9 Å². The lowest BCUT2D eigenvalue weighted by molar-refractivity contribution is 0.935. The van der Waals surface area contributed by atoms with Gasteiger partial charge >= 0.3 is 0 Å². The van der Waals surface area contributed by atoms with Crippen molar-refractivity contribution in [3.8, 4) is 0 Å². The molecule has 2 aliphatic rings. The molecule has 18 heavy (non-hydrogen) atoms. The molecule has 7 N–H and O–H groups in total. The summed E-state index contributed by atoms with van der Waals surface area (Å²) in [6, 6.07) is 3.00. The van der Waals surface area contributed by atoms with Crippen LogP contribution in [-0.4, -0.2) is 29.9 Å². The second-order valence-electron chi connectivity index (χ2n) is 3.49. The summed E-state index contributed by atoms with van der Waals surface area (Å²) in [7, 11) is 3.96. The van der Waals surface area contributed by atoms with Gasteiger partial charge in [0.1, 0.15) is 0 Å². The SMILES string of the molecule is C1=CC=C([SiH]2CCCC2)NC=C1.CN.CN.CN. The minimum Gasteiger partial charge on any atom is -0.369 e. The highest BCUT2D eigenvalue weighted by Gasteiger charge is 2.20. The van der Waals surface area contributed by atoms with Gasteiger partial charge in [-0.3, -0.25) is 0 Å². The van der Waals surface area contributed by atoms with Gasteiger partial charge in [-0.15, -0.1) is 0 Å². The molecule has 0 aromatic heterocycles. The normalized spacial score (nSPS) is 16.7. The molecule has 0 aromatic rings. The van der Waals surface area contributed by atoms with Crippen LogP contribution in [0.1, 0.15) is 12.8 Å². The molecule has 2 aliphatic heterocycles. The van der Waals surface area contributed by atoms with E-state index in [9.17, 15) is 0 Å². The van der Waals surface area contributed by atoms with Crippen LogP contribution in [0.15, 0.2) is 35.8 Å². The molecule has 0 aromatic carbocycles. The van der Waals surface area contributed by atoms with Crippen molar-refractivity contribution < 1.29 is 0 Å². The summed E-state index contributed by atoms with van der Waals surface area (Å²) in [6.45, 7) is 0. The fourth-order valence-corrected chi connectivity index (χ4v) is 5.15. The quantitative estimate of drug-likeness (QED) is 0.531. The van der Waals surface area contributed by atoms with Crippen molar-refractivity contribution in [1.82, 2.24) is 5.32 Å². The minimum absolute atomic E-state index is 0.544. The average Bonchev–Trinajstić information content (AvgIpc) is 2.88. The number of nitrogens with two attached hydrogens (primary N) is 3. The third kappa shape index (κ3) is 8.24. The molecule has 0 radical (unpaired) electrons. The number of rotatable bonds is 1. The van der Waals surface area contributed by atoms with Crippen LogP contribution in [0.2, 0.25) is 12.1 Å². The number of hydrogen-bond acceptors (Lipinski definition) is 4. The van der Waals surface area contributed by atoms with Crippen LogP contribution in [-0.2, 0) is 0 Å². The zero-order valence-corrected chi connectivity index (χ0v) is 13.2. The number of allylic oxidation sites excluding steroid dienone is 4. The number of nitrogens with one attached hydrogen (secondary N) is 1. The molecule has 106 valence electrons. The molecule has 1 fully saturated rings. The lowest BCUT2D eigenvalue weighted by atomic mass is 10.4. The van der Waals surface area contributed by atoms with E-state index in [1.165, 1.54) is 51.4 Å². The van der Waals surface area contributed by atoms with E-state index in [0.717, 1.165) is 0 Å². The second kappa shape index (κ2) is 16.1. The van der Waals surface area contributed by atoms with Crippen molar-refractivity contribution in [3.63, 3.8) is 0 Å². The Bertz CT molecular complexity index is 243. The molecule has 0 spiro atoms. The van der Waals surface area contributed by atoms with Crippen LogP contribution in [0, 0.1) is 0 Å². The van der Waals surface area contributed by atoms with Gasteiger partial charge in [0.05, 0.1) is 8.80 Å². The first kappa shape index (κ1) is 19.5. The Morgan fingerprint density at radius 2 is 1.44 bits per heavy atom. The topological polar surface area (TPSA) is 90.1 Å². The van der Waals surface area contributed by atoms with Gasteiger partial charge in [0.15, 0.2) is 0 Å². The van der Waals surface area contributed by atoms with Crippen LogP contribution in [0.3, 0.4) is 0 Å². The van der Waals surface area contributed by atoms with Crippen LogP contribution in [0.5, 0.6) is 0 Å². The van der Waals surface area contributed by atoms with E-state index in [2.05, 4.69) is 53.0 Å². The molecule has 2 heterocycles. The molecule has 0 atom stereocenters. The molecule has 1 saturated heterocycles. The Hall–Kier alpha value is -0.883. The zero-order chi connectivity index (χ0) is 14.2. The van der Waals surface area contributed by atoms with Crippen molar-refractivity contribution in [1.29, 1.82) is 0 Å². The third-order valence-electron chi connectivity index (χ3n) is 2.64. The lowest BCUT2D eigenvalue weighted by Gasteiger charge is -2.11. The molecule has 4 nitrogen and oxygen atoms in total. The standard InChI is InChI=1S/C10H15NSi.3CH5N/c1-2-6-10(11-7-3-1)12-8-4-5-9-12;3*1-2/h1-3,6-7,11-12H,4-5,8-9H2;3*2H2,1H3. The Morgan fingerprint density at radius 1 is 0.889 bits per heavy atom. The van der Waals surface area contributed by atoms with Gasteiger partial charge in [0, 0.05) is 6.20 Å². The summed E-state index contributed by atoms with van der Waals surface area (Å²) >= 11 is 0. The summed E-state index contributed by atoms with van der Waals surface area (Å²) < 4.78 is 0. The van der Waals surface area contributed by atoms with Crippen molar-refractivity contribution >= 4 is 8.80 Å². The first-order valence-electron chi connectivity index (χ1n) is 6.50. The fraction of sp³-hybridized carbons (Fsp3) is 0.538. The first-order chi connectivity index (χ1) is 8.97. The Balaban J connectivity index is 0. The largest absolute Gasteiger partial charge is 0.369 e. The van der Waals surface area contributed by atoms with E-state index >= 15 is 0 Å². The van der Waals surface area contributed by atoms with E-state index in [0.29, 0.717) is 0 Å². The molecule has 2 rings (SSSR count).